The van der Waals surface area contributed by atoms with E-state index >= 15 is 0 Å². The molecule has 0 bridgehead atoms. The predicted molar refractivity (Wildman–Crippen MR) is 91.6 cm³/mol. The highest BCUT2D eigenvalue weighted by Crippen LogP contribution is 2.32. The van der Waals surface area contributed by atoms with Gasteiger partial charge in [0.05, 0.1) is 17.8 Å². The van der Waals surface area contributed by atoms with Crippen molar-refractivity contribution in [3.05, 3.63) is 75.8 Å². The van der Waals surface area contributed by atoms with Crippen molar-refractivity contribution >= 4 is 16.8 Å². The number of nitrogens with zero attached hydrogens (tertiary/aromatic N) is 2. The summed E-state index contributed by atoms with van der Waals surface area (Å²) in [6.45, 7) is 0.00193. The van der Waals surface area contributed by atoms with Gasteiger partial charge in [0.15, 0.2) is 0 Å². The van der Waals surface area contributed by atoms with Crippen molar-refractivity contribution in [3.63, 3.8) is 0 Å². The van der Waals surface area contributed by atoms with Gasteiger partial charge in [0.2, 0.25) is 11.3 Å². The van der Waals surface area contributed by atoms with Gasteiger partial charge in [-0.15, -0.1) is 0 Å². The van der Waals surface area contributed by atoms with Gasteiger partial charge in [-0.3, -0.25) is 14.3 Å². The third-order valence-electron chi connectivity index (χ3n) is 4.60. The van der Waals surface area contributed by atoms with Crippen molar-refractivity contribution in [2.24, 2.45) is 0 Å². The van der Waals surface area contributed by atoms with Crippen molar-refractivity contribution in [1.82, 2.24) is 15.1 Å². The highest BCUT2D eigenvalue weighted by molar-refractivity contribution is 5.81. The molecular formula is C19H16FN3O2. The Labute approximate surface area is 143 Å². The van der Waals surface area contributed by atoms with E-state index < -0.39 is 0 Å². The van der Waals surface area contributed by atoms with E-state index in [1.807, 2.05) is 6.07 Å². The van der Waals surface area contributed by atoms with Crippen molar-refractivity contribution in [2.75, 3.05) is 0 Å². The molecule has 0 aliphatic heterocycles. The van der Waals surface area contributed by atoms with Crippen LogP contribution in [-0.4, -0.2) is 15.7 Å². The molecule has 0 radical (unpaired) electrons. The average molecular weight is 337 g/mol. The van der Waals surface area contributed by atoms with Gasteiger partial charge in [0.25, 0.3) is 0 Å². The maximum Gasteiger partial charge on any atom is 0.242 e. The van der Waals surface area contributed by atoms with Gasteiger partial charge in [0, 0.05) is 5.39 Å². The second-order valence-electron chi connectivity index (χ2n) is 6.15. The quantitative estimate of drug-likeness (QED) is 0.798. The summed E-state index contributed by atoms with van der Waals surface area (Å²) in [6, 6.07) is 11.8. The molecule has 1 heterocycles. The van der Waals surface area contributed by atoms with Gasteiger partial charge in [-0.1, -0.05) is 24.3 Å². The van der Waals surface area contributed by atoms with Crippen molar-refractivity contribution < 1.29 is 9.18 Å². The monoisotopic (exact) mass is 337 g/mol. The summed E-state index contributed by atoms with van der Waals surface area (Å²) in [4.78, 5) is 24.3. The molecule has 1 aliphatic carbocycles. The van der Waals surface area contributed by atoms with Gasteiger partial charge in [0.1, 0.15) is 12.4 Å². The minimum atomic E-state index is -0.220. The number of carbonyl (C=O) groups excluding carboxylic acids is 1. The van der Waals surface area contributed by atoms with Crippen LogP contribution in [-0.2, 0) is 17.8 Å². The third kappa shape index (κ3) is 2.80. The zero-order valence-electron chi connectivity index (χ0n) is 13.4. The Balaban J connectivity index is 1.56. The van der Waals surface area contributed by atoms with Crippen LogP contribution < -0.4 is 10.7 Å². The van der Waals surface area contributed by atoms with Crippen LogP contribution in [0, 0.1) is 5.82 Å². The van der Waals surface area contributed by atoms with Gasteiger partial charge in [-0.2, -0.15) is 5.10 Å². The maximum absolute atomic E-state index is 13.8. The lowest BCUT2D eigenvalue weighted by Gasteiger charge is -2.15. The number of halogens is 1. The van der Waals surface area contributed by atoms with E-state index in [4.69, 9.17) is 0 Å². The van der Waals surface area contributed by atoms with Crippen LogP contribution in [0.25, 0.3) is 10.9 Å². The second-order valence-corrected chi connectivity index (χ2v) is 6.15. The molecule has 4 rings (SSSR count). The Bertz CT molecular complexity index is 1030. The van der Waals surface area contributed by atoms with Crippen molar-refractivity contribution in [1.29, 1.82) is 0 Å². The fourth-order valence-corrected chi connectivity index (χ4v) is 3.42. The number of hydrogen-bond acceptors (Lipinski definition) is 3. The number of nitrogens with one attached hydrogen (secondary N) is 1. The molecule has 1 N–H and O–H groups in total. The largest absolute Gasteiger partial charge is 0.348 e. The number of carbonyl (C=O) groups is 1. The number of rotatable bonds is 3. The Kier molecular flexibility index (Phi) is 3.80. The molecule has 5 nitrogen and oxygen atoms in total. The van der Waals surface area contributed by atoms with Gasteiger partial charge < -0.3 is 5.32 Å². The second kappa shape index (κ2) is 6.12. The first kappa shape index (κ1) is 15.5. The lowest BCUT2D eigenvalue weighted by Crippen LogP contribution is -2.31. The van der Waals surface area contributed by atoms with Crippen LogP contribution in [0.4, 0.5) is 4.39 Å². The Morgan fingerprint density at radius 3 is 2.96 bits per heavy atom. The number of benzene rings is 2. The standard InChI is InChI=1S/C19H16FN3O2/c20-15-6-3-5-13-12(15)8-9-16(13)22-19(25)11-23-17-7-2-1-4-14(17)18(24)10-21-23/h1-7,10,16H,8-9,11H2,(H,22,25)/t16-/m0/s1. The lowest BCUT2D eigenvalue weighted by atomic mass is 10.1. The highest BCUT2D eigenvalue weighted by atomic mass is 19.1. The Hall–Kier alpha value is -3.02. The summed E-state index contributed by atoms with van der Waals surface area (Å²) >= 11 is 0. The first-order valence-electron chi connectivity index (χ1n) is 8.15. The molecule has 25 heavy (non-hydrogen) atoms. The molecule has 1 atom stereocenters. The minimum Gasteiger partial charge on any atom is -0.348 e. The summed E-state index contributed by atoms with van der Waals surface area (Å²) in [5.41, 5.74) is 1.96. The van der Waals surface area contributed by atoms with Gasteiger partial charge >= 0.3 is 0 Å². The van der Waals surface area contributed by atoms with E-state index in [0.717, 1.165) is 5.56 Å². The molecule has 1 aromatic heterocycles. The predicted octanol–water partition coefficient (Wildman–Crippen LogP) is 2.34. The van der Waals surface area contributed by atoms with Crippen LogP contribution in [0.2, 0.25) is 0 Å². The molecule has 0 fully saturated rings. The molecule has 0 saturated heterocycles. The van der Waals surface area contributed by atoms with Gasteiger partial charge in [-0.05, 0) is 42.2 Å². The lowest BCUT2D eigenvalue weighted by molar-refractivity contribution is -0.122. The molecule has 0 unspecified atom stereocenters. The zero-order valence-corrected chi connectivity index (χ0v) is 13.4. The van der Waals surface area contributed by atoms with E-state index in [1.54, 1.807) is 30.3 Å². The first-order chi connectivity index (χ1) is 12.1. The molecule has 0 spiro atoms. The molecule has 1 aliphatic rings. The fourth-order valence-electron chi connectivity index (χ4n) is 3.42. The minimum absolute atomic E-state index is 0.00193. The molecule has 6 heteroatoms. The summed E-state index contributed by atoms with van der Waals surface area (Å²) in [5, 5.41) is 7.53. The maximum atomic E-state index is 13.8. The number of fused-ring (bicyclic) bond motifs is 2. The van der Waals surface area contributed by atoms with Crippen LogP contribution in [0.5, 0.6) is 0 Å². The summed E-state index contributed by atoms with van der Waals surface area (Å²) in [6.07, 6.45) is 2.52. The molecule has 126 valence electrons. The smallest absolute Gasteiger partial charge is 0.242 e. The number of amides is 1. The first-order valence-corrected chi connectivity index (χ1v) is 8.15. The molecule has 0 saturated carbocycles. The van der Waals surface area contributed by atoms with Crippen molar-refractivity contribution in [3.8, 4) is 0 Å². The number of hydrogen-bond donors (Lipinski definition) is 1. The number of aromatic nitrogens is 2. The van der Waals surface area contributed by atoms with Gasteiger partial charge in [-0.25, -0.2) is 4.39 Å². The number of para-hydroxylation sites is 1. The van der Waals surface area contributed by atoms with E-state index in [2.05, 4.69) is 10.4 Å². The zero-order chi connectivity index (χ0) is 17.4. The summed E-state index contributed by atoms with van der Waals surface area (Å²) in [7, 11) is 0. The summed E-state index contributed by atoms with van der Waals surface area (Å²) < 4.78 is 15.3. The fraction of sp³-hybridized carbons (Fsp3) is 0.211. The molecule has 1 amide bonds. The van der Waals surface area contributed by atoms with Crippen LogP contribution >= 0.6 is 0 Å². The van der Waals surface area contributed by atoms with E-state index in [9.17, 15) is 14.0 Å². The van der Waals surface area contributed by atoms with E-state index in [0.29, 0.717) is 29.3 Å². The van der Waals surface area contributed by atoms with Crippen molar-refractivity contribution in [2.45, 2.75) is 25.4 Å². The van der Waals surface area contributed by atoms with E-state index in [1.165, 1.54) is 16.9 Å². The van der Waals surface area contributed by atoms with Crippen LogP contribution in [0.15, 0.2) is 53.5 Å². The normalized spacial score (nSPS) is 16.0. The molecule has 2 aromatic carbocycles. The third-order valence-corrected chi connectivity index (χ3v) is 4.60. The molecular weight excluding hydrogens is 321 g/mol. The Morgan fingerprint density at radius 1 is 1.24 bits per heavy atom. The topological polar surface area (TPSA) is 64.0 Å². The SMILES string of the molecule is O=C(Cn1ncc(=O)c2ccccc21)N[C@H]1CCc2c(F)cccc21. The van der Waals surface area contributed by atoms with E-state index in [-0.39, 0.29) is 29.7 Å². The Morgan fingerprint density at radius 2 is 2.08 bits per heavy atom. The van der Waals surface area contributed by atoms with Crippen LogP contribution in [0.1, 0.15) is 23.6 Å². The van der Waals surface area contributed by atoms with Crippen LogP contribution in [0.3, 0.4) is 0 Å². The summed E-state index contributed by atoms with van der Waals surface area (Å²) in [5.74, 6) is -0.439. The molecule has 3 aromatic rings. The highest BCUT2D eigenvalue weighted by Gasteiger charge is 2.26. The average Bonchev–Trinajstić information content (AvgIpc) is 3.02.